The van der Waals surface area contributed by atoms with Gasteiger partial charge < -0.3 is 9.53 Å². The third-order valence-electron chi connectivity index (χ3n) is 3.02. The molecule has 4 heteroatoms. The van der Waals surface area contributed by atoms with E-state index in [9.17, 15) is 4.79 Å². The molecule has 0 spiro atoms. The Labute approximate surface area is 97.0 Å². The Bertz CT molecular complexity index is 181. The molecule has 0 aromatic heterocycles. The van der Waals surface area contributed by atoms with Gasteiger partial charge in [-0.2, -0.15) is 0 Å². The zero-order chi connectivity index (χ0) is 9.99. The van der Waals surface area contributed by atoms with E-state index in [1.807, 2.05) is 20.0 Å². The highest BCUT2D eigenvalue weighted by Crippen LogP contribution is 2.41. The summed E-state index contributed by atoms with van der Waals surface area (Å²) >= 11 is 0. The van der Waals surface area contributed by atoms with Crippen molar-refractivity contribution in [1.82, 2.24) is 0 Å². The average molecular weight is 238 g/mol. The van der Waals surface area contributed by atoms with Crippen LogP contribution >= 0.6 is 0 Å². The predicted molar refractivity (Wildman–Crippen MR) is 71.0 cm³/mol. The smallest absolute Gasteiger partial charge is 0.308 e. The number of carbonyl (C=O) groups is 1. The van der Waals surface area contributed by atoms with Crippen molar-refractivity contribution in [2.24, 2.45) is 0 Å². The van der Waals surface area contributed by atoms with Gasteiger partial charge in [-0.1, -0.05) is 29.2 Å². The van der Waals surface area contributed by atoms with Crippen LogP contribution in [0.3, 0.4) is 0 Å². The lowest BCUT2D eigenvalue weighted by Crippen LogP contribution is -2.47. The number of hydrogen-bond acceptors (Lipinski definition) is 2. The van der Waals surface area contributed by atoms with Gasteiger partial charge >= 0.3 is 5.97 Å². The van der Waals surface area contributed by atoms with Gasteiger partial charge in [0.1, 0.15) is 0 Å². The molecule has 96 valence electrons. The zero-order valence-corrected chi connectivity index (χ0v) is 9.47. The van der Waals surface area contributed by atoms with Gasteiger partial charge in [0.05, 0.1) is 5.04 Å². The van der Waals surface area contributed by atoms with Crippen LogP contribution in [-0.2, 0) is 9.22 Å². The maximum atomic E-state index is 11.0. The highest BCUT2D eigenvalue weighted by atomic mass is 28.4. The van der Waals surface area contributed by atoms with Crippen molar-refractivity contribution < 1.29 is 14.3 Å². The lowest BCUT2D eigenvalue weighted by Gasteiger charge is -2.36. The molecule has 0 aliphatic carbocycles. The molecule has 0 aliphatic heterocycles. The summed E-state index contributed by atoms with van der Waals surface area (Å²) in [5.41, 5.74) is 0. The summed E-state index contributed by atoms with van der Waals surface area (Å²) in [4.78, 5) is 11.0. The van der Waals surface area contributed by atoms with E-state index in [0.29, 0.717) is 6.42 Å². The molecule has 0 radical (unpaired) electrons. The predicted octanol–water partition coefficient (Wildman–Crippen LogP) is 4.00. The van der Waals surface area contributed by atoms with Gasteiger partial charge in [-0.05, 0) is 26.4 Å². The van der Waals surface area contributed by atoms with E-state index >= 15 is 0 Å². The van der Waals surface area contributed by atoms with Crippen molar-refractivity contribution in [2.45, 2.75) is 60.7 Å². The first-order valence-electron chi connectivity index (χ1n) is 4.10. The van der Waals surface area contributed by atoms with Crippen LogP contribution in [0.2, 0.25) is 18.1 Å². The largest absolute Gasteiger partial charge is 0.481 e. The molecule has 0 aromatic carbocycles. The molecule has 0 aromatic rings. The first-order chi connectivity index (χ1) is 5.31. The van der Waals surface area contributed by atoms with Crippen molar-refractivity contribution in [1.29, 1.82) is 0 Å². The number of aliphatic carboxylic acids is 1. The summed E-state index contributed by atoms with van der Waals surface area (Å²) in [5, 5.41) is 8.38. The van der Waals surface area contributed by atoms with Gasteiger partial charge in [0.25, 0.3) is 0 Å². The first-order valence-corrected chi connectivity index (χ1v) is 7.01. The molecule has 0 heterocycles. The maximum absolute atomic E-state index is 11.0. The zero-order valence-electron chi connectivity index (χ0n) is 8.47. The van der Waals surface area contributed by atoms with E-state index in [2.05, 4.69) is 0 Å². The van der Waals surface area contributed by atoms with Crippen LogP contribution in [0, 0.1) is 0 Å². The summed E-state index contributed by atoms with van der Waals surface area (Å²) < 4.78 is 5.31. The minimum Gasteiger partial charge on any atom is -0.481 e. The molecule has 1 unspecified atom stereocenters. The molecule has 0 amide bonds. The molecule has 1 atom stereocenters. The molecular weight excluding hydrogens is 208 g/mol. The quantitative estimate of drug-likeness (QED) is 0.753. The van der Waals surface area contributed by atoms with E-state index in [1.165, 1.54) is 0 Å². The molecule has 0 saturated heterocycles. The number of carboxylic acid groups (broad SMARTS) is 1. The number of hydrogen-bond donors (Lipinski definition) is 1. The Morgan fingerprint density at radius 2 is 1.67 bits per heavy atom. The van der Waals surface area contributed by atoms with Crippen LogP contribution in [0.25, 0.3) is 0 Å². The van der Waals surface area contributed by atoms with Crippen LogP contribution in [0.5, 0.6) is 0 Å². The summed E-state index contributed by atoms with van der Waals surface area (Å²) in [5.74, 6) is -0.747. The molecule has 0 fully saturated rings. The van der Waals surface area contributed by atoms with Crippen LogP contribution in [0.15, 0.2) is 0 Å². The lowest BCUT2D eigenvalue weighted by molar-refractivity contribution is -0.140. The van der Waals surface area contributed by atoms with Crippen molar-refractivity contribution in [3.05, 3.63) is 0 Å². The topological polar surface area (TPSA) is 46.5 Å². The Balaban J connectivity index is -0.000000202. The van der Waals surface area contributed by atoms with Gasteiger partial charge in [0.2, 0.25) is 8.32 Å². The molecule has 3 nitrogen and oxygen atoms in total. The molecular formula is C11H30O3Si. The molecule has 0 bridgehead atoms. The third kappa shape index (κ3) is 4.34. The Kier molecular flexibility index (Phi) is 12.6. The fraction of sp³-hybridized carbons (Fsp3) is 0.909. The molecule has 0 saturated carbocycles. The number of carboxylic acids is 1. The van der Waals surface area contributed by atoms with Gasteiger partial charge in [-0.15, -0.1) is 0 Å². The van der Waals surface area contributed by atoms with E-state index in [4.69, 9.17) is 9.53 Å². The molecule has 15 heavy (non-hydrogen) atoms. The molecule has 0 rings (SSSR count). The highest BCUT2D eigenvalue weighted by molar-refractivity contribution is 6.77. The van der Waals surface area contributed by atoms with E-state index in [0.717, 1.165) is 0 Å². The standard InChI is InChI=1S/C8H18O3Si.3CH4/c1-6-8(2,7(9)10)12(4,5)11-3;;;/h6H2,1-5H3,(H,9,10);3*1H4. The van der Waals surface area contributed by atoms with Crippen molar-refractivity contribution >= 4 is 14.3 Å². The monoisotopic (exact) mass is 238 g/mol. The lowest BCUT2D eigenvalue weighted by atomic mass is 10.1. The fourth-order valence-corrected chi connectivity index (χ4v) is 2.88. The van der Waals surface area contributed by atoms with E-state index in [1.54, 1.807) is 14.0 Å². The number of rotatable bonds is 4. The average Bonchev–Trinajstić information content (AvgIpc) is 2.02. The van der Waals surface area contributed by atoms with Gasteiger partial charge in [-0.3, -0.25) is 4.79 Å². The van der Waals surface area contributed by atoms with Gasteiger partial charge in [-0.25, -0.2) is 0 Å². The van der Waals surface area contributed by atoms with Crippen molar-refractivity contribution in [3.8, 4) is 0 Å². The summed E-state index contributed by atoms with van der Waals surface area (Å²) in [6.45, 7) is 7.53. The summed E-state index contributed by atoms with van der Waals surface area (Å²) in [6.07, 6.45) is 0.620. The fourth-order valence-electron chi connectivity index (χ4n) is 1.06. The second kappa shape index (κ2) is 7.88. The first kappa shape index (κ1) is 24.1. The van der Waals surface area contributed by atoms with Gasteiger partial charge in [0, 0.05) is 7.11 Å². The second-order valence-electron chi connectivity index (χ2n) is 3.71. The Morgan fingerprint density at radius 1 is 1.33 bits per heavy atom. The SMILES string of the molecule is C.C.C.CCC(C)(C(=O)O)[Si](C)(C)OC. The minimum atomic E-state index is -2.09. The van der Waals surface area contributed by atoms with Crippen molar-refractivity contribution in [2.75, 3.05) is 7.11 Å². The Morgan fingerprint density at radius 3 is 1.73 bits per heavy atom. The third-order valence-corrected chi connectivity index (χ3v) is 7.26. The minimum absolute atomic E-state index is 0. The summed E-state index contributed by atoms with van der Waals surface area (Å²) in [7, 11) is -0.493. The Hall–Kier alpha value is -0.353. The second-order valence-corrected chi connectivity index (χ2v) is 8.24. The van der Waals surface area contributed by atoms with Crippen LogP contribution in [0.1, 0.15) is 42.5 Å². The normalized spacial score (nSPS) is 13.7. The highest BCUT2D eigenvalue weighted by Gasteiger charge is 2.48. The van der Waals surface area contributed by atoms with E-state index in [-0.39, 0.29) is 22.3 Å². The van der Waals surface area contributed by atoms with E-state index < -0.39 is 19.3 Å². The van der Waals surface area contributed by atoms with Crippen LogP contribution in [0.4, 0.5) is 0 Å². The van der Waals surface area contributed by atoms with Crippen LogP contribution in [-0.4, -0.2) is 26.5 Å². The van der Waals surface area contributed by atoms with Crippen LogP contribution < -0.4 is 0 Å². The molecule has 0 aliphatic rings. The summed E-state index contributed by atoms with van der Waals surface area (Å²) in [6, 6.07) is 0. The maximum Gasteiger partial charge on any atom is 0.308 e. The molecule has 1 N–H and O–H groups in total. The van der Waals surface area contributed by atoms with Crippen molar-refractivity contribution in [3.63, 3.8) is 0 Å². The van der Waals surface area contributed by atoms with Gasteiger partial charge in [0.15, 0.2) is 0 Å².